The van der Waals surface area contributed by atoms with Crippen LogP contribution in [0.5, 0.6) is 0 Å². The smallest absolute Gasteiger partial charge is 0.295 e. The van der Waals surface area contributed by atoms with E-state index in [9.17, 15) is 19.1 Å². The number of nitrogens with zero attached hydrogens (tertiary/aromatic N) is 1. The molecule has 1 atom stereocenters. The summed E-state index contributed by atoms with van der Waals surface area (Å²) in [6.45, 7) is 0.935. The van der Waals surface area contributed by atoms with E-state index in [1.165, 1.54) is 29.2 Å². The highest BCUT2D eigenvalue weighted by atomic mass is 19.1. The highest BCUT2D eigenvalue weighted by Crippen LogP contribution is 2.38. The van der Waals surface area contributed by atoms with Crippen molar-refractivity contribution in [2.75, 3.05) is 27.2 Å². The van der Waals surface area contributed by atoms with Gasteiger partial charge in [0.1, 0.15) is 5.82 Å². The van der Waals surface area contributed by atoms with Gasteiger partial charge < -0.3 is 14.9 Å². The van der Waals surface area contributed by atoms with Gasteiger partial charge in [-0.1, -0.05) is 48.2 Å². The predicted molar refractivity (Wildman–Crippen MR) is 96.9 cm³/mol. The molecule has 1 amide bonds. The topological polar surface area (TPSA) is 64.9 Å². The van der Waals surface area contributed by atoms with Crippen molar-refractivity contribution >= 4 is 17.4 Å². The first-order chi connectivity index (χ1) is 12.9. The lowest BCUT2D eigenvalue weighted by molar-refractivity contribution is -0.857. The van der Waals surface area contributed by atoms with Gasteiger partial charge in [0.05, 0.1) is 33.2 Å². The molecule has 27 heavy (non-hydrogen) atoms. The molecule has 1 fully saturated rings. The lowest BCUT2D eigenvalue weighted by Crippen LogP contribution is -3.06. The van der Waals surface area contributed by atoms with Crippen LogP contribution in [-0.4, -0.2) is 43.8 Å². The van der Waals surface area contributed by atoms with Gasteiger partial charge in [0, 0.05) is 5.57 Å². The minimum absolute atomic E-state index is 0.0773. The van der Waals surface area contributed by atoms with Crippen molar-refractivity contribution in [2.45, 2.75) is 6.04 Å². The van der Waals surface area contributed by atoms with E-state index in [4.69, 9.17) is 0 Å². The maximum absolute atomic E-state index is 13.4. The summed E-state index contributed by atoms with van der Waals surface area (Å²) < 4.78 is 13.4. The zero-order chi connectivity index (χ0) is 19.6. The second-order valence-corrected chi connectivity index (χ2v) is 6.85. The van der Waals surface area contributed by atoms with E-state index < -0.39 is 29.3 Å². The molecule has 0 spiro atoms. The summed E-state index contributed by atoms with van der Waals surface area (Å²) in [5, 5.41) is 13.0. The number of Topliss-reactive ketones (excluding diaryl/α,β-unsaturated/α-hetero) is 1. The van der Waals surface area contributed by atoms with Gasteiger partial charge in [-0.05, 0) is 23.3 Å². The second kappa shape index (κ2) is 7.72. The summed E-state index contributed by atoms with van der Waals surface area (Å²) in [4.78, 5) is 27.9. The van der Waals surface area contributed by atoms with E-state index in [1.54, 1.807) is 30.3 Å². The van der Waals surface area contributed by atoms with Crippen molar-refractivity contribution in [3.63, 3.8) is 0 Å². The number of benzene rings is 2. The van der Waals surface area contributed by atoms with Crippen LogP contribution in [0.4, 0.5) is 4.39 Å². The summed E-state index contributed by atoms with van der Waals surface area (Å²) >= 11 is 0. The Labute approximate surface area is 157 Å². The fourth-order valence-corrected chi connectivity index (χ4v) is 3.18. The van der Waals surface area contributed by atoms with Crippen molar-refractivity contribution in [2.24, 2.45) is 0 Å². The van der Waals surface area contributed by atoms with Gasteiger partial charge in [-0.25, -0.2) is 4.39 Å². The minimum Gasteiger partial charge on any atom is -0.872 e. The molecule has 1 aliphatic heterocycles. The SMILES string of the molecule is C[NH+](C)CCN1C(=O)C(=O)C(=C([O-])c2ccccc2)C1c1ccc(F)cc1. The lowest BCUT2D eigenvalue weighted by atomic mass is 9.95. The van der Waals surface area contributed by atoms with E-state index in [1.807, 2.05) is 14.1 Å². The monoisotopic (exact) mass is 368 g/mol. The molecule has 5 nitrogen and oxygen atoms in total. The van der Waals surface area contributed by atoms with Crippen LogP contribution in [0.15, 0.2) is 60.2 Å². The molecule has 0 radical (unpaired) electrons. The van der Waals surface area contributed by atoms with Crippen molar-refractivity contribution in [3.8, 4) is 0 Å². The third kappa shape index (κ3) is 3.75. The molecule has 0 saturated carbocycles. The number of amides is 1. The van der Waals surface area contributed by atoms with Crippen molar-refractivity contribution in [1.82, 2.24) is 4.90 Å². The van der Waals surface area contributed by atoms with Gasteiger partial charge in [-0.15, -0.1) is 0 Å². The number of likely N-dealkylation sites (N-methyl/N-ethyl adjacent to an activating group) is 1. The Hall–Kier alpha value is -2.99. The standard InChI is InChI=1S/C21H21FN2O3/c1-23(2)12-13-24-18(14-8-10-16(22)11-9-14)17(20(26)21(24)27)19(25)15-6-4-3-5-7-15/h3-11,18,25H,12-13H2,1-2H3. The van der Waals surface area contributed by atoms with Crippen LogP contribution < -0.4 is 10.0 Å². The molecule has 140 valence electrons. The van der Waals surface area contributed by atoms with Crippen LogP contribution in [0.2, 0.25) is 0 Å². The van der Waals surface area contributed by atoms with Crippen LogP contribution in [0.1, 0.15) is 17.2 Å². The lowest BCUT2D eigenvalue weighted by Gasteiger charge is -2.27. The fraction of sp³-hybridized carbons (Fsp3) is 0.238. The Morgan fingerprint density at radius 2 is 1.70 bits per heavy atom. The molecule has 1 heterocycles. The number of hydrogen-bond donors (Lipinski definition) is 1. The number of ketones is 1. The van der Waals surface area contributed by atoms with E-state index in [0.29, 0.717) is 24.2 Å². The molecule has 1 aliphatic rings. The molecule has 1 saturated heterocycles. The number of carbonyl (C=O) groups is 2. The molecule has 1 unspecified atom stereocenters. The predicted octanol–water partition coefficient (Wildman–Crippen LogP) is 0.194. The van der Waals surface area contributed by atoms with Gasteiger partial charge in [-0.3, -0.25) is 9.59 Å². The summed E-state index contributed by atoms with van der Waals surface area (Å²) in [5.41, 5.74) is 0.816. The molecule has 3 rings (SSSR count). The molecule has 0 bridgehead atoms. The molecule has 2 aromatic carbocycles. The van der Waals surface area contributed by atoms with E-state index in [0.717, 1.165) is 4.90 Å². The zero-order valence-electron chi connectivity index (χ0n) is 15.2. The molecule has 2 aromatic rings. The van der Waals surface area contributed by atoms with E-state index >= 15 is 0 Å². The average Bonchev–Trinajstić information content (AvgIpc) is 2.91. The minimum atomic E-state index is -0.808. The first-order valence-corrected chi connectivity index (χ1v) is 8.76. The Morgan fingerprint density at radius 1 is 1.07 bits per heavy atom. The first-order valence-electron chi connectivity index (χ1n) is 8.76. The Balaban J connectivity index is 2.13. The molecule has 0 aromatic heterocycles. The van der Waals surface area contributed by atoms with Gasteiger partial charge in [0.2, 0.25) is 5.78 Å². The average molecular weight is 368 g/mol. The number of nitrogens with one attached hydrogen (secondary N) is 1. The van der Waals surface area contributed by atoms with E-state index in [-0.39, 0.29) is 5.57 Å². The molecule has 0 aliphatic carbocycles. The Bertz CT molecular complexity index is 876. The molecule has 6 heteroatoms. The summed E-state index contributed by atoms with van der Waals surface area (Å²) in [6, 6.07) is 13.2. The summed E-state index contributed by atoms with van der Waals surface area (Å²) in [5.74, 6) is -2.37. The van der Waals surface area contributed by atoms with E-state index in [2.05, 4.69) is 0 Å². The number of carbonyl (C=O) groups excluding carboxylic acids is 2. The molecular formula is C21H21FN2O3. The van der Waals surface area contributed by atoms with Crippen LogP contribution >= 0.6 is 0 Å². The largest absolute Gasteiger partial charge is 0.872 e. The van der Waals surface area contributed by atoms with Crippen LogP contribution in [0, 0.1) is 5.82 Å². The number of likely N-dealkylation sites (tertiary alicyclic amines) is 1. The van der Waals surface area contributed by atoms with Crippen molar-refractivity contribution in [1.29, 1.82) is 0 Å². The highest BCUT2D eigenvalue weighted by molar-refractivity contribution is 6.46. The van der Waals surface area contributed by atoms with Crippen LogP contribution in [0.25, 0.3) is 5.76 Å². The first kappa shape index (κ1) is 18.8. The number of quaternary nitrogens is 1. The third-order valence-electron chi connectivity index (χ3n) is 4.60. The maximum Gasteiger partial charge on any atom is 0.295 e. The number of halogens is 1. The molecule has 1 N–H and O–H groups in total. The van der Waals surface area contributed by atoms with Crippen LogP contribution in [0.3, 0.4) is 0 Å². The number of hydrogen-bond acceptors (Lipinski definition) is 3. The van der Waals surface area contributed by atoms with Gasteiger partial charge in [0.15, 0.2) is 0 Å². The molecular weight excluding hydrogens is 347 g/mol. The third-order valence-corrected chi connectivity index (χ3v) is 4.60. The quantitative estimate of drug-likeness (QED) is 0.466. The van der Waals surface area contributed by atoms with Gasteiger partial charge in [-0.2, -0.15) is 0 Å². The maximum atomic E-state index is 13.4. The highest BCUT2D eigenvalue weighted by Gasteiger charge is 2.44. The van der Waals surface area contributed by atoms with Crippen LogP contribution in [-0.2, 0) is 9.59 Å². The normalized spacial score (nSPS) is 19.1. The van der Waals surface area contributed by atoms with Gasteiger partial charge in [0.25, 0.3) is 5.91 Å². The van der Waals surface area contributed by atoms with Crippen molar-refractivity contribution < 1.29 is 24.0 Å². The van der Waals surface area contributed by atoms with Crippen molar-refractivity contribution in [3.05, 3.63) is 77.1 Å². The summed E-state index contributed by atoms with van der Waals surface area (Å²) in [6.07, 6.45) is 0. The Kier molecular flexibility index (Phi) is 5.37. The zero-order valence-corrected chi connectivity index (χ0v) is 15.2. The fourth-order valence-electron chi connectivity index (χ4n) is 3.18. The Morgan fingerprint density at radius 3 is 2.30 bits per heavy atom. The van der Waals surface area contributed by atoms with Gasteiger partial charge >= 0.3 is 0 Å². The second-order valence-electron chi connectivity index (χ2n) is 6.85. The number of rotatable bonds is 5. The summed E-state index contributed by atoms with van der Waals surface area (Å²) in [7, 11) is 3.88.